The van der Waals surface area contributed by atoms with Crippen molar-refractivity contribution in [1.82, 2.24) is 5.32 Å². The Morgan fingerprint density at radius 3 is 2.33 bits per heavy atom. The van der Waals surface area contributed by atoms with Crippen molar-refractivity contribution < 1.29 is 4.39 Å². The van der Waals surface area contributed by atoms with E-state index in [2.05, 4.69) is 33.4 Å². The zero-order valence-electron chi connectivity index (χ0n) is 11.9. The van der Waals surface area contributed by atoms with Crippen LogP contribution in [0.2, 0.25) is 5.02 Å². The van der Waals surface area contributed by atoms with Gasteiger partial charge < -0.3 is 5.32 Å². The summed E-state index contributed by atoms with van der Waals surface area (Å²) in [6.07, 6.45) is 1.78. The van der Waals surface area contributed by atoms with E-state index in [0.717, 1.165) is 29.4 Å². The molecular formula is C17H18BrClFN. The van der Waals surface area contributed by atoms with Crippen LogP contribution in [0.4, 0.5) is 4.39 Å². The molecule has 112 valence electrons. The van der Waals surface area contributed by atoms with Gasteiger partial charge in [0.2, 0.25) is 0 Å². The topological polar surface area (TPSA) is 12.0 Å². The number of rotatable bonds is 6. The maximum absolute atomic E-state index is 13.5. The molecule has 0 fully saturated rings. The van der Waals surface area contributed by atoms with Crippen molar-refractivity contribution in [3.63, 3.8) is 0 Å². The van der Waals surface area contributed by atoms with Gasteiger partial charge in [0.25, 0.3) is 0 Å². The van der Waals surface area contributed by atoms with Crippen LogP contribution in [-0.4, -0.2) is 13.6 Å². The predicted molar refractivity (Wildman–Crippen MR) is 90.4 cm³/mol. The molecule has 4 heteroatoms. The van der Waals surface area contributed by atoms with Crippen LogP contribution in [0.5, 0.6) is 0 Å². The number of hydrogen-bond acceptors (Lipinski definition) is 1. The summed E-state index contributed by atoms with van der Waals surface area (Å²) in [5.41, 5.74) is 2.27. The zero-order chi connectivity index (χ0) is 15.2. The molecule has 0 radical (unpaired) electrons. The molecule has 0 heterocycles. The number of benzene rings is 2. The third-order valence-corrected chi connectivity index (χ3v) is 4.27. The predicted octanol–water partition coefficient (Wildman–Crippen LogP) is 4.86. The van der Waals surface area contributed by atoms with Crippen LogP contribution in [0.1, 0.15) is 11.1 Å². The summed E-state index contributed by atoms with van der Waals surface area (Å²) < 4.78 is 14.6. The number of nitrogens with one attached hydrogen (secondary N) is 1. The van der Waals surface area contributed by atoms with Gasteiger partial charge >= 0.3 is 0 Å². The van der Waals surface area contributed by atoms with Crippen LogP contribution >= 0.6 is 27.5 Å². The summed E-state index contributed by atoms with van der Waals surface area (Å²) in [5.74, 6) is 0.0674. The highest BCUT2D eigenvalue weighted by Crippen LogP contribution is 2.20. The Hall–Kier alpha value is -0.900. The second kappa shape index (κ2) is 7.92. The average Bonchev–Trinajstić information content (AvgIpc) is 2.46. The van der Waals surface area contributed by atoms with Crippen molar-refractivity contribution in [1.29, 1.82) is 0 Å². The highest BCUT2D eigenvalue weighted by Gasteiger charge is 2.11. The molecule has 0 aliphatic heterocycles. The number of halogens is 3. The van der Waals surface area contributed by atoms with Crippen molar-refractivity contribution in [2.75, 3.05) is 13.6 Å². The SMILES string of the molecule is CNCC(Cc1ccc(Br)cc1)Cc1ccc(Cl)c(F)c1. The van der Waals surface area contributed by atoms with Crippen LogP contribution in [0.3, 0.4) is 0 Å². The molecule has 0 saturated heterocycles. The first-order valence-electron chi connectivity index (χ1n) is 6.91. The number of hydrogen-bond donors (Lipinski definition) is 1. The third kappa shape index (κ3) is 5.10. The fourth-order valence-corrected chi connectivity index (χ4v) is 2.84. The first-order valence-corrected chi connectivity index (χ1v) is 8.08. The fraction of sp³-hybridized carbons (Fsp3) is 0.294. The van der Waals surface area contributed by atoms with E-state index in [1.807, 2.05) is 25.2 Å². The van der Waals surface area contributed by atoms with Crippen LogP contribution in [0.15, 0.2) is 46.9 Å². The molecule has 0 amide bonds. The van der Waals surface area contributed by atoms with E-state index in [4.69, 9.17) is 11.6 Å². The van der Waals surface area contributed by atoms with Gasteiger partial charge in [0, 0.05) is 4.47 Å². The second-order valence-electron chi connectivity index (χ2n) is 5.21. The van der Waals surface area contributed by atoms with Crippen molar-refractivity contribution in [3.8, 4) is 0 Å². The molecule has 1 N–H and O–H groups in total. The Morgan fingerprint density at radius 2 is 1.71 bits per heavy atom. The molecule has 0 aliphatic carbocycles. The van der Waals surface area contributed by atoms with E-state index in [0.29, 0.717) is 5.92 Å². The molecule has 2 aromatic carbocycles. The molecule has 0 aromatic heterocycles. The lowest BCUT2D eigenvalue weighted by molar-refractivity contribution is 0.491. The summed E-state index contributed by atoms with van der Waals surface area (Å²) in [6, 6.07) is 13.4. The van der Waals surface area contributed by atoms with E-state index in [1.165, 1.54) is 11.6 Å². The molecule has 0 aliphatic rings. The minimum Gasteiger partial charge on any atom is -0.319 e. The van der Waals surface area contributed by atoms with Gasteiger partial charge in [-0.3, -0.25) is 0 Å². The Kier molecular flexibility index (Phi) is 6.22. The molecular weight excluding hydrogens is 353 g/mol. The quantitative estimate of drug-likeness (QED) is 0.765. The van der Waals surface area contributed by atoms with Gasteiger partial charge in [-0.1, -0.05) is 45.7 Å². The van der Waals surface area contributed by atoms with Gasteiger partial charge in [-0.15, -0.1) is 0 Å². The molecule has 21 heavy (non-hydrogen) atoms. The summed E-state index contributed by atoms with van der Waals surface area (Å²) in [7, 11) is 1.94. The van der Waals surface area contributed by atoms with Gasteiger partial charge in [-0.25, -0.2) is 4.39 Å². The Balaban J connectivity index is 2.07. The zero-order valence-corrected chi connectivity index (χ0v) is 14.2. The highest BCUT2D eigenvalue weighted by molar-refractivity contribution is 9.10. The first kappa shape index (κ1) is 16.5. The minimum atomic E-state index is -0.346. The van der Waals surface area contributed by atoms with Crippen LogP contribution in [0, 0.1) is 11.7 Å². The Morgan fingerprint density at radius 1 is 1.10 bits per heavy atom. The van der Waals surface area contributed by atoms with Gasteiger partial charge in [-0.05, 0) is 67.7 Å². The maximum Gasteiger partial charge on any atom is 0.142 e. The van der Waals surface area contributed by atoms with Crippen LogP contribution in [-0.2, 0) is 12.8 Å². The standard InChI is InChI=1S/C17H18BrClFN/c1-21-11-14(8-12-2-5-15(18)6-3-12)9-13-4-7-16(19)17(20)10-13/h2-7,10,14,21H,8-9,11H2,1H3. The van der Waals surface area contributed by atoms with E-state index >= 15 is 0 Å². The largest absolute Gasteiger partial charge is 0.319 e. The van der Waals surface area contributed by atoms with E-state index in [9.17, 15) is 4.39 Å². The molecule has 2 aromatic rings. The summed E-state index contributed by atoms with van der Waals surface area (Å²) in [6.45, 7) is 0.889. The fourth-order valence-electron chi connectivity index (χ4n) is 2.46. The molecule has 1 atom stereocenters. The van der Waals surface area contributed by atoms with Gasteiger partial charge in [0.05, 0.1) is 5.02 Å². The molecule has 0 saturated carbocycles. The summed E-state index contributed by atoms with van der Waals surface area (Å²) >= 11 is 9.18. The van der Waals surface area contributed by atoms with Gasteiger partial charge in [0.1, 0.15) is 5.82 Å². The lowest BCUT2D eigenvalue weighted by Crippen LogP contribution is -2.22. The van der Waals surface area contributed by atoms with E-state index in [-0.39, 0.29) is 10.8 Å². The van der Waals surface area contributed by atoms with Gasteiger partial charge in [-0.2, -0.15) is 0 Å². The minimum absolute atomic E-state index is 0.178. The monoisotopic (exact) mass is 369 g/mol. The van der Waals surface area contributed by atoms with E-state index in [1.54, 1.807) is 6.07 Å². The third-order valence-electron chi connectivity index (χ3n) is 3.44. The smallest absolute Gasteiger partial charge is 0.142 e. The highest BCUT2D eigenvalue weighted by atomic mass is 79.9. The van der Waals surface area contributed by atoms with Crippen molar-refractivity contribution in [2.45, 2.75) is 12.8 Å². The second-order valence-corrected chi connectivity index (χ2v) is 6.53. The molecule has 0 spiro atoms. The summed E-state index contributed by atoms with van der Waals surface area (Å²) in [4.78, 5) is 0. The van der Waals surface area contributed by atoms with Crippen LogP contribution < -0.4 is 5.32 Å². The lowest BCUT2D eigenvalue weighted by atomic mass is 9.92. The van der Waals surface area contributed by atoms with Gasteiger partial charge in [0.15, 0.2) is 0 Å². The van der Waals surface area contributed by atoms with Crippen LogP contribution in [0.25, 0.3) is 0 Å². The van der Waals surface area contributed by atoms with E-state index < -0.39 is 0 Å². The van der Waals surface area contributed by atoms with Crippen molar-refractivity contribution >= 4 is 27.5 Å². The average molecular weight is 371 g/mol. The lowest BCUT2D eigenvalue weighted by Gasteiger charge is -2.17. The van der Waals surface area contributed by atoms with Crippen molar-refractivity contribution in [3.05, 3.63) is 68.9 Å². The van der Waals surface area contributed by atoms with Crippen molar-refractivity contribution in [2.24, 2.45) is 5.92 Å². The normalized spacial score (nSPS) is 12.4. The Labute approximate surface area is 138 Å². The maximum atomic E-state index is 13.5. The molecule has 0 bridgehead atoms. The molecule has 1 nitrogen and oxygen atoms in total. The molecule has 2 rings (SSSR count). The molecule has 1 unspecified atom stereocenters. The summed E-state index contributed by atoms with van der Waals surface area (Å²) in [5, 5.41) is 3.39. The Bertz CT molecular complexity index is 586. The first-order chi connectivity index (χ1) is 10.1.